The van der Waals surface area contributed by atoms with Crippen molar-refractivity contribution in [3.8, 4) is 0 Å². The molecule has 0 saturated heterocycles. The Morgan fingerprint density at radius 1 is 1.04 bits per heavy atom. The molecule has 1 amide bonds. The van der Waals surface area contributed by atoms with E-state index in [-0.39, 0.29) is 4.90 Å². The van der Waals surface area contributed by atoms with E-state index < -0.39 is 38.9 Å². The molecule has 0 unspecified atom stereocenters. The highest BCUT2D eigenvalue weighted by molar-refractivity contribution is 7.92. The van der Waals surface area contributed by atoms with E-state index in [1.807, 2.05) is 10.0 Å². The van der Waals surface area contributed by atoms with Crippen molar-refractivity contribution in [1.29, 1.82) is 0 Å². The van der Waals surface area contributed by atoms with Gasteiger partial charge in [-0.15, -0.1) is 0 Å². The third-order valence-electron chi connectivity index (χ3n) is 2.97. The van der Waals surface area contributed by atoms with Crippen molar-refractivity contribution in [1.82, 2.24) is 0 Å². The molecule has 2 aromatic rings. The van der Waals surface area contributed by atoms with E-state index in [1.54, 1.807) is 19.1 Å². The number of amides is 1. The molecule has 2 aromatic carbocycles. The second-order valence-electron chi connectivity index (χ2n) is 4.88. The van der Waals surface area contributed by atoms with Crippen molar-refractivity contribution in [2.75, 3.05) is 10.0 Å². The Labute approximate surface area is 132 Å². The molecule has 0 saturated carbocycles. The number of carbonyl (C=O) groups is 1. The van der Waals surface area contributed by atoms with Crippen LogP contribution in [0.15, 0.2) is 41.3 Å². The van der Waals surface area contributed by atoms with Crippen molar-refractivity contribution in [3.05, 3.63) is 53.6 Å². The molecular formula is C15H14F2N2O3S. The van der Waals surface area contributed by atoms with Crippen molar-refractivity contribution in [2.45, 2.75) is 18.7 Å². The first kappa shape index (κ1) is 16.9. The summed E-state index contributed by atoms with van der Waals surface area (Å²) in [5.74, 6) is -2.88. The third-order valence-corrected chi connectivity index (χ3v) is 4.35. The maximum Gasteiger partial charge on any atom is 0.261 e. The summed E-state index contributed by atoms with van der Waals surface area (Å²) < 4.78 is 54.3. The fourth-order valence-electron chi connectivity index (χ4n) is 1.84. The van der Waals surface area contributed by atoms with Gasteiger partial charge in [0.25, 0.3) is 10.0 Å². The minimum Gasteiger partial charge on any atom is -0.321 e. The first-order valence-corrected chi connectivity index (χ1v) is 8.04. The number of benzene rings is 2. The summed E-state index contributed by atoms with van der Waals surface area (Å²) in [6.07, 6.45) is 0. The Hall–Kier alpha value is -2.48. The lowest BCUT2D eigenvalue weighted by atomic mass is 10.2. The van der Waals surface area contributed by atoms with Crippen molar-refractivity contribution >= 4 is 27.3 Å². The van der Waals surface area contributed by atoms with Crippen LogP contribution in [0.4, 0.5) is 20.2 Å². The molecule has 0 aliphatic carbocycles. The minimum absolute atomic E-state index is 0.0621. The fraction of sp³-hybridized carbons (Fsp3) is 0.133. The average molecular weight is 340 g/mol. The smallest absolute Gasteiger partial charge is 0.261 e. The molecule has 0 aliphatic rings. The first-order chi connectivity index (χ1) is 10.7. The Balaban J connectivity index is 2.40. The van der Waals surface area contributed by atoms with Crippen LogP contribution in [0.25, 0.3) is 0 Å². The van der Waals surface area contributed by atoms with Crippen LogP contribution in [0.2, 0.25) is 0 Å². The number of anilines is 2. The maximum atomic E-state index is 14.2. The number of aryl methyl sites for hydroxylation is 1. The first-order valence-electron chi connectivity index (χ1n) is 6.56. The number of carbonyl (C=O) groups excluding carboxylic acids is 1. The van der Waals surface area contributed by atoms with E-state index in [0.717, 1.165) is 24.6 Å². The SMILES string of the molecule is CC(=O)Nc1c(F)ccc(NS(=O)(=O)c2ccc(C)cc2)c1F. The summed E-state index contributed by atoms with van der Waals surface area (Å²) in [6, 6.07) is 7.74. The molecule has 0 aromatic heterocycles. The molecule has 2 rings (SSSR count). The Morgan fingerprint density at radius 2 is 1.65 bits per heavy atom. The zero-order valence-corrected chi connectivity index (χ0v) is 13.2. The van der Waals surface area contributed by atoms with Crippen LogP contribution in [-0.4, -0.2) is 14.3 Å². The van der Waals surface area contributed by atoms with Crippen LogP contribution in [-0.2, 0) is 14.8 Å². The van der Waals surface area contributed by atoms with Crippen molar-refractivity contribution < 1.29 is 22.0 Å². The molecule has 23 heavy (non-hydrogen) atoms. The molecule has 0 heterocycles. The molecule has 8 heteroatoms. The lowest BCUT2D eigenvalue weighted by Crippen LogP contribution is -2.16. The molecule has 122 valence electrons. The van der Waals surface area contributed by atoms with E-state index in [9.17, 15) is 22.0 Å². The topological polar surface area (TPSA) is 75.3 Å². The van der Waals surface area contributed by atoms with Gasteiger partial charge in [-0.05, 0) is 31.2 Å². The number of hydrogen-bond acceptors (Lipinski definition) is 3. The van der Waals surface area contributed by atoms with Crippen molar-refractivity contribution in [2.24, 2.45) is 0 Å². The molecule has 0 bridgehead atoms. The Bertz CT molecular complexity index is 850. The summed E-state index contributed by atoms with van der Waals surface area (Å²) in [6.45, 7) is 2.88. The summed E-state index contributed by atoms with van der Waals surface area (Å²) >= 11 is 0. The number of sulfonamides is 1. The molecule has 0 aliphatic heterocycles. The highest BCUT2D eigenvalue weighted by Gasteiger charge is 2.20. The number of hydrogen-bond donors (Lipinski definition) is 2. The van der Waals surface area contributed by atoms with Crippen LogP contribution in [0, 0.1) is 18.6 Å². The van der Waals surface area contributed by atoms with Gasteiger partial charge in [0.1, 0.15) is 11.5 Å². The normalized spacial score (nSPS) is 11.1. The van der Waals surface area contributed by atoms with E-state index >= 15 is 0 Å². The molecule has 0 spiro atoms. The van der Waals surface area contributed by atoms with E-state index in [4.69, 9.17) is 0 Å². The zero-order chi connectivity index (χ0) is 17.2. The predicted octanol–water partition coefficient (Wildman–Crippen LogP) is 3.03. The largest absolute Gasteiger partial charge is 0.321 e. The predicted molar refractivity (Wildman–Crippen MR) is 82.6 cm³/mol. The van der Waals surface area contributed by atoms with Gasteiger partial charge in [-0.3, -0.25) is 9.52 Å². The lowest BCUT2D eigenvalue weighted by Gasteiger charge is -2.12. The van der Waals surface area contributed by atoms with Gasteiger partial charge >= 0.3 is 0 Å². The van der Waals surface area contributed by atoms with Gasteiger partial charge in [-0.1, -0.05) is 17.7 Å². The zero-order valence-electron chi connectivity index (χ0n) is 12.4. The number of nitrogens with one attached hydrogen (secondary N) is 2. The highest BCUT2D eigenvalue weighted by Crippen LogP contribution is 2.27. The number of rotatable bonds is 4. The van der Waals surface area contributed by atoms with Gasteiger partial charge in [0.05, 0.1) is 10.6 Å². The second kappa shape index (κ2) is 6.33. The standard InChI is InChI=1S/C15H14F2N2O3S/c1-9-3-5-11(6-4-9)23(21,22)19-13-8-7-12(16)15(14(13)17)18-10(2)20/h3-8,19H,1-2H3,(H,18,20). The summed E-state index contributed by atoms with van der Waals surface area (Å²) in [4.78, 5) is 10.9. The van der Waals surface area contributed by atoms with E-state index in [2.05, 4.69) is 0 Å². The molecular weight excluding hydrogens is 326 g/mol. The van der Waals surface area contributed by atoms with Crippen LogP contribution in [0.3, 0.4) is 0 Å². The van der Waals surface area contributed by atoms with E-state index in [1.165, 1.54) is 12.1 Å². The summed E-state index contributed by atoms with van der Waals surface area (Å²) in [5, 5.41) is 1.99. The highest BCUT2D eigenvalue weighted by atomic mass is 32.2. The van der Waals surface area contributed by atoms with Gasteiger partial charge in [-0.25, -0.2) is 17.2 Å². The van der Waals surface area contributed by atoms with Crippen LogP contribution >= 0.6 is 0 Å². The monoisotopic (exact) mass is 340 g/mol. The van der Waals surface area contributed by atoms with Crippen LogP contribution in [0.5, 0.6) is 0 Å². The Kier molecular flexibility index (Phi) is 4.65. The number of halogens is 2. The maximum absolute atomic E-state index is 14.2. The van der Waals surface area contributed by atoms with Gasteiger partial charge < -0.3 is 5.32 Å². The lowest BCUT2D eigenvalue weighted by molar-refractivity contribution is -0.114. The molecule has 5 nitrogen and oxygen atoms in total. The fourth-order valence-corrected chi connectivity index (χ4v) is 2.90. The minimum atomic E-state index is -4.04. The quantitative estimate of drug-likeness (QED) is 0.898. The molecule has 0 radical (unpaired) electrons. The molecule has 2 N–H and O–H groups in total. The Morgan fingerprint density at radius 3 is 2.22 bits per heavy atom. The van der Waals surface area contributed by atoms with Gasteiger partial charge in [-0.2, -0.15) is 0 Å². The van der Waals surface area contributed by atoms with Gasteiger partial charge in [0.15, 0.2) is 5.82 Å². The summed E-state index contributed by atoms with van der Waals surface area (Å²) in [5.41, 5.74) is -0.304. The second-order valence-corrected chi connectivity index (χ2v) is 6.57. The molecule has 0 fully saturated rings. The van der Waals surface area contributed by atoms with Crippen molar-refractivity contribution in [3.63, 3.8) is 0 Å². The van der Waals surface area contributed by atoms with Crippen LogP contribution < -0.4 is 10.0 Å². The van der Waals surface area contributed by atoms with Gasteiger partial charge in [0, 0.05) is 6.92 Å². The average Bonchev–Trinajstić information content (AvgIpc) is 2.47. The van der Waals surface area contributed by atoms with E-state index in [0.29, 0.717) is 0 Å². The van der Waals surface area contributed by atoms with Gasteiger partial charge in [0.2, 0.25) is 5.91 Å². The third kappa shape index (κ3) is 3.84. The van der Waals surface area contributed by atoms with Crippen LogP contribution in [0.1, 0.15) is 12.5 Å². The summed E-state index contributed by atoms with van der Waals surface area (Å²) in [7, 11) is -4.04. The molecule has 0 atom stereocenters.